The number of amides is 2. The molecule has 2 aliphatic rings. The Hall–Kier alpha value is -1.17. The number of halogens is 1. The van der Waals surface area contributed by atoms with Gasteiger partial charge in [-0.15, -0.1) is 0 Å². The van der Waals surface area contributed by atoms with Gasteiger partial charge >= 0.3 is 0 Å². The van der Waals surface area contributed by atoms with E-state index in [0.29, 0.717) is 19.6 Å². The van der Waals surface area contributed by atoms with Gasteiger partial charge in [-0.25, -0.2) is 4.39 Å². The molecule has 5 nitrogen and oxygen atoms in total. The smallest absolute Gasteiger partial charge is 0.259 e. The van der Waals surface area contributed by atoms with E-state index in [1.54, 1.807) is 4.90 Å². The summed E-state index contributed by atoms with van der Waals surface area (Å²) in [6.07, 6.45) is 3.76. The molecular weight excluding hydrogens is 273 g/mol. The molecule has 0 radical (unpaired) electrons. The lowest BCUT2D eigenvalue weighted by molar-refractivity contribution is -0.143. The lowest BCUT2D eigenvalue weighted by Crippen LogP contribution is -2.50. The molecule has 6 heteroatoms. The van der Waals surface area contributed by atoms with Gasteiger partial charge in [-0.3, -0.25) is 9.59 Å². The second-order valence-electron chi connectivity index (χ2n) is 6.63. The van der Waals surface area contributed by atoms with E-state index in [9.17, 15) is 14.0 Å². The van der Waals surface area contributed by atoms with E-state index in [1.165, 1.54) is 13.8 Å². The summed E-state index contributed by atoms with van der Waals surface area (Å²) in [5.74, 6) is -0.187. The molecule has 120 valence electrons. The molecule has 2 saturated heterocycles. The molecule has 0 saturated carbocycles. The van der Waals surface area contributed by atoms with Gasteiger partial charge in [0.1, 0.15) is 0 Å². The summed E-state index contributed by atoms with van der Waals surface area (Å²) in [5.41, 5.74) is -1.82. The number of hydrogen-bond donors (Lipinski definition) is 2. The Morgan fingerprint density at radius 1 is 1.33 bits per heavy atom. The van der Waals surface area contributed by atoms with Gasteiger partial charge in [-0.05, 0) is 52.0 Å². The highest BCUT2D eigenvalue weighted by molar-refractivity contribution is 5.84. The number of hydrogen-bond acceptors (Lipinski definition) is 3. The van der Waals surface area contributed by atoms with Crippen molar-refractivity contribution in [2.24, 2.45) is 5.92 Å². The van der Waals surface area contributed by atoms with Crippen LogP contribution in [0.15, 0.2) is 0 Å². The van der Waals surface area contributed by atoms with Gasteiger partial charge in [0.05, 0.1) is 6.04 Å². The fourth-order valence-electron chi connectivity index (χ4n) is 3.07. The van der Waals surface area contributed by atoms with Crippen molar-refractivity contribution in [1.82, 2.24) is 15.5 Å². The second kappa shape index (κ2) is 6.73. The maximum absolute atomic E-state index is 13.7. The van der Waals surface area contributed by atoms with Gasteiger partial charge in [0, 0.05) is 19.6 Å². The molecule has 21 heavy (non-hydrogen) atoms. The molecule has 2 fully saturated rings. The highest BCUT2D eigenvalue weighted by Gasteiger charge is 2.34. The molecule has 2 rings (SSSR count). The molecule has 2 amide bonds. The van der Waals surface area contributed by atoms with E-state index in [2.05, 4.69) is 10.6 Å². The lowest BCUT2D eigenvalue weighted by Gasteiger charge is -2.35. The van der Waals surface area contributed by atoms with Gasteiger partial charge < -0.3 is 15.5 Å². The summed E-state index contributed by atoms with van der Waals surface area (Å²) in [5, 5.41) is 6.12. The number of alkyl halides is 1. The Kier molecular flexibility index (Phi) is 5.19. The first-order chi connectivity index (χ1) is 9.88. The van der Waals surface area contributed by atoms with Crippen LogP contribution in [0, 0.1) is 5.92 Å². The lowest BCUT2D eigenvalue weighted by atomic mass is 9.96. The van der Waals surface area contributed by atoms with Crippen LogP contribution < -0.4 is 10.6 Å². The SMILES string of the molecule is CC(C)(F)C(=O)N1CCC[C@H](CNC(=O)[C@H]2CCCN2)C1. The van der Waals surface area contributed by atoms with Crippen molar-refractivity contribution in [3.8, 4) is 0 Å². The van der Waals surface area contributed by atoms with Crippen LogP contribution in [-0.2, 0) is 9.59 Å². The maximum Gasteiger partial charge on any atom is 0.259 e. The van der Waals surface area contributed by atoms with E-state index in [1.807, 2.05) is 0 Å². The van der Waals surface area contributed by atoms with E-state index >= 15 is 0 Å². The standard InChI is InChI=1S/C15H26FN3O2/c1-15(2,16)14(21)19-8-4-5-11(10-19)9-18-13(20)12-6-3-7-17-12/h11-12,17H,3-10H2,1-2H3,(H,18,20)/t11-,12-/m1/s1. The third-order valence-corrected chi connectivity index (χ3v) is 4.26. The van der Waals surface area contributed by atoms with Crippen LogP contribution in [0.5, 0.6) is 0 Å². The zero-order valence-electron chi connectivity index (χ0n) is 13.0. The number of rotatable bonds is 4. The van der Waals surface area contributed by atoms with Gasteiger partial charge in [0.2, 0.25) is 5.91 Å². The van der Waals surface area contributed by atoms with Crippen molar-refractivity contribution in [2.45, 2.75) is 51.2 Å². The molecule has 0 bridgehead atoms. The Balaban J connectivity index is 1.78. The van der Waals surface area contributed by atoms with Crippen LogP contribution in [0.3, 0.4) is 0 Å². The van der Waals surface area contributed by atoms with E-state index < -0.39 is 11.6 Å². The fraction of sp³-hybridized carbons (Fsp3) is 0.867. The number of likely N-dealkylation sites (tertiary alicyclic amines) is 1. The largest absolute Gasteiger partial charge is 0.354 e. The molecular formula is C15H26FN3O2. The van der Waals surface area contributed by atoms with Crippen LogP contribution in [0.1, 0.15) is 39.5 Å². The first-order valence-electron chi connectivity index (χ1n) is 7.87. The molecule has 2 atom stereocenters. The van der Waals surface area contributed by atoms with Crippen LogP contribution in [-0.4, -0.2) is 54.6 Å². The highest BCUT2D eigenvalue weighted by Crippen LogP contribution is 2.21. The minimum Gasteiger partial charge on any atom is -0.354 e. The van der Waals surface area contributed by atoms with E-state index in [0.717, 1.165) is 32.2 Å². The number of nitrogens with one attached hydrogen (secondary N) is 2. The van der Waals surface area contributed by atoms with Crippen molar-refractivity contribution in [3.05, 3.63) is 0 Å². The monoisotopic (exact) mass is 299 g/mol. The highest BCUT2D eigenvalue weighted by atomic mass is 19.1. The van der Waals surface area contributed by atoms with Crippen molar-refractivity contribution < 1.29 is 14.0 Å². The number of nitrogens with zero attached hydrogens (tertiary/aromatic N) is 1. The zero-order valence-corrected chi connectivity index (χ0v) is 13.0. The predicted molar refractivity (Wildman–Crippen MR) is 78.5 cm³/mol. The molecule has 2 aliphatic heterocycles. The quantitative estimate of drug-likeness (QED) is 0.809. The Morgan fingerprint density at radius 2 is 2.10 bits per heavy atom. The molecule has 2 N–H and O–H groups in total. The van der Waals surface area contributed by atoms with Crippen molar-refractivity contribution in [2.75, 3.05) is 26.2 Å². The van der Waals surface area contributed by atoms with Crippen LogP contribution in [0.4, 0.5) is 4.39 Å². The first-order valence-corrected chi connectivity index (χ1v) is 7.87. The van der Waals surface area contributed by atoms with Gasteiger partial charge in [-0.1, -0.05) is 0 Å². The molecule has 0 spiro atoms. The summed E-state index contributed by atoms with van der Waals surface area (Å²) < 4.78 is 13.7. The van der Waals surface area contributed by atoms with Crippen LogP contribution in [0.2, 0.25) is 0 Å². The van der Waals surface area contributed by atoms with Crippen LogP contribution in [0.25, 0.3) is 0 Å². The molecule has 0 aliphatic carbocycles. The summed E-state index contributed by atoms with van der Waals surface area (Å²) in [6, 6.07) is -0.0731. The average molecular weight is 299 g/mol. The minimum absolute atomic E-state index is 0.0433. The topological polar surface area (TPSA) is 61.4 Å². The molecule has 2 heterocycles. The number of carbonyl (C=O) groups is 2. The van der Waals surface area contributed by atoms with Crippen molar-refractivity contribution >= 4 is 11.8 Å². The first kappa shape index (κ1) is 16.2. The van der Waals surface area contributed by atoms with Crippen LogP contribution >= 0.6 is 0 Å². The number of carbonyl (C=O) groups excluding carboxylic acids is 2. The molecule has 0 aromatic carbocycles. The third kappa shape index (κ3) is 4.40. The summed E-state index contributed by atoms with van der Waals surface area (Å²) in [7, 11) is 0. The predicted octanol–water partition coefficient (Wildman–Crippen LogP) is 0.841. The summed E-state index contributed by atoms with van der Waals surface area (Å²) in [6.45, 7) is 5.20. The summed E-state index contributed by atoms with van der Waals surface area (Å²) >= 11 is 0. The van der Waals surface area contributed by atoms with Gasteiger partial charge in [0.25, 0.3) is 5.91 Å². The van der Waals surface area contributed by atoms with Gasteiger partial charge in [-0.2, -0.15) is 0 Å². The van der Waals surface area contributed by atoms with E-state index in [4.69, 9.17) is 0 Å². The number of piperidine rings is 1. The fourth-order valence-corrected chi connectivity index (χ4v) is 3.07. The molecule has 0 aromatic rings. The van der Waals surface area contributed by atoms with Crippen molar-refractivity contribution in [3.63, 3.8) is 0 Å². The zero-order chi connectivity index (χ0) is 15.5. The minimum atomic E-state index is -1.82. The molecule has 0 aromatic heterocycles. The van der Waals surface area contributed by atoms with Crippen molar-refractivity contribution in [1.29, 1.82) is 0 Å². The normalized spacial score (nSPS) is 26.7. The maximum atomic E-state index is 13.7. The Morgan fingerprint density at radius 3 is 2.71 bits per heavy atom. The third-order valence-electron chi connectivity index (χ3n) is 4.26. The van der Waals surface area contributed by atoms with Gasteiger partial charge in [0.15, 0.2) is 5.67 Å². The van der Waals surface area contributed by atoms with E-state index in [-0.39, 0.29) is 17.9 Å². The summed E-state index contributed by atoms with van der Waals surface area (Å²) in [4.78, 5) is 25.5. The average Bonchev–Trinajstić information content (AvgIpc) is 2.97. The Labute approximate surface area is 125 Å². The molecule has 0 unspecified atom stereocenters. The Bertz CT molecular complexity index is 389. The second-order valence-corrected chi connectivity index (χ2v) is 6.63.